The zero-order valence-electron chi connectivity index (χ0n) is 19.5. The normalized spacial score (nSPS) is 24.9. The number of carbonyl (C=O) groups excluding carboxylic acids is 2. The molecule has 37 heavy (non-hydrogen) atoms. The number of rotatable bonds is 8. The Bertz CT molecular complexity index is 1150. The summed E-state index contributed by atoms with van der Waals surface area (Å²) < 4.78 is 62.4. The number of halogens is 5. The van der Waals surface area contributed by atoms with E-state index in [1.165, 1.54) is 0 Å². The molecule has 3 fully saturated rings. The van der Waals surface area contributed by atoms with Crippen LogP contribution in [0.2, 0.25) is 5.02 Å². The predicted octanol–water partition coefficient (Wildman–Crippen LogP) is 4.00. The van der Waals surface area contributed by atoms with Crippen molar-refractivity contribution in [3.8, 4) is 11.5 Å². The number of hydrogen-bond acceptors (Lipinski definition) is 5. The molecular weight excluding hydrogens is 520 g/mol. The second-order valence-electron chi connectivity index (χ2n) is 9.42. The van der Waals surface area contributed by atoms with Crippen LogP contribution in [0.15, 0.2) is 42.5 Å². The number of nitrogens with one attached hydrogen (secondary N) is 2. The summed E-state index contributed by atoms with van der Waals surface area (Å²) in [5.74, 6) is -2.18. The van der Waals surface area contributed by atoms with Gasteiger partial charge < -0.3 is 25.2 Å². The van der Waals surface area contributed by atoms with Gasteiger partial charge in [0.1, 0.15) is 17.3 Å². The van der Waals surface area contributed by atoms with Crippen LogP contribution in [-0.2, 0) is 15.8 Å². The lowest BCUT2D eigenvalue weighted by Crippen LogP contribution is -2.70. The van der Waals surface area contributed by atoms with Crippen LogP contribution in [0.3, 0.4) is 0 Å². The number of aliphatic hydroxyl groups is 1. The van der Waals surface area contributed by atoms with Crippen molar-refractivity contribution in [1.82, 2.24) is 10.6 Å². The Morgan fingerprint density at radius 3 is 2.08 bits per heavy atom. The molecule has 3 aliphatic rings. The molecule has 0 aliphatic heterocycles. The number of alkyl halides is 3. The van der Waals surface area contributed by atoms with Crippen LogP contribution < -0.4 is 20.1 Å². The van der Waals surface area contributed by atoms with E-state index < -0.39 is 47.3 Å². The van der Waals surface area contributed by atoms with Gasteiger partial charge in [0, 0.05) is 16.6 Å². The molecule has 0 heterocycles. The van der Waals surface area contributed by atoms with Crippen LogP contribution in [0, 0.1) is 5.82 Å². The fourth-order valence-corrected chi connectivity index (χ4v) is 5.08. The summed E-state index contributed by atoms with van der Waals surface area (Å²) in [5, 5.41) is 17.1. The SMILES string of the molecule is O=C(COc1ccc(Cl)cc1)NC12CCC(NC(=O)COc3ccc(C(F)(F)F)c(F)c3)(CC1)[C@H](O)C2. The number of amides is 2. The van der Waals surface area contributed by atoms with E-state index in [1.54, 1.807) is 24.3 Å². The number of benzene rings is 2. The Morgan fingerprint density at radius 1 is 0.946 bits per heavy atom. The van der Waals surface area contributed by atoms with Crippen LogP contribution in [0.4, 0.5) is 17.6 Å². The van der Waals surface area contributed by atoms with E-state index in [1.807, 2.05) is 0 Å². The van der Waals surface area contributed by atoms with E-state index in [9.17, 15) is 32.3 Å². The summed E-state index contributed by atoms with van der Waals surface area (Å²) >= 11 is 5.83. The van der Waals surface area contributed by atoms with Crippen molar-refractivity contribution in [2.45, 2.75) is 55.5 Å². The Hall–Kier alpha value is -3.05. The number of carbonyl (C=O) groups is 2. The minimum Gasteiger partial charge on any atom is -0.484 e. The smallest absolute Gasteiger partial charge is 0.419 e. The molecule has 2 amide bonds. The van der Waals surface area contributed by atoms with Crippen LogP contribution in [-0.4, -0.2) is 47.3 Å². The third kappa shape index (κ3) is 6.27. The monoisotopic (exact) mass is 544 g/mol. The summed E-state index contributed by atoms with van der Waals surface area (Å²) in [7, 11) is 0. The van der Waals surface area contributed by atoms with E-state index in [0.29, 0.717) is 48.6 Å². The first-order valence-electron chi connectivity index (χ1n) is 11.6. The van der Waals surface area contributed by atoms with Gasteiger partial charge in [0.2, 0.25) is 0 Å². The highest BCUT2D eigenvalue weighted by atomic mass is 35.5. The minimum absolute atomic E-state index is 0.205. The Labute approximate surface area is 215 Å². The maximum absolute atomic E-state index is 13.7. The summed E-state index contributed by atoms with van der Waals surface area (Å²) in [6.07, 6.45) is -3.73. The molecule has 200 valence electrons. The first-order valence-corrected chi connectivity index (χ1v) is 12.0. The van der Waals surface area contributed by atoms with Crippen LogP contribution in [0.5, 0.6) is 11.5 Å². The second-order valence-corrected chi connectivity index (χ2v) is 9.86. The quantitative estimate of drug-likeness (QED) is 0.437. The third-order valence-electron chi connectivity index (χ3n) is 6.91. The van der Waals surface area contributed by atoms with E-state index in [4.69, 9.17) is 21.1 Å². The molecule has 0 aromatic heterocycles. The Balaban J connectivity index is 1.27. The van der Waals surface area contributed by atoms with E-state index in [0.717, 1.165) is 6.07 Å². The van der Waals surface area contributed by atoms with E-state index >= 15 is 0 Å². The topological polar surface area (TPSA) is 96.9 Å². The molecule has 5 rings (SSSR count). The Kier molecular flexibility index (Phi) is 7.57. The van der Waals surface area contributed by atoms with Crippen molar-refractivity contribution in [1.29, 1.82) is 0 Å². The molecular formula is C25H25ClF4N2O5. The largest absolute Gasteiger partial charge is 0.484 e. The van der Waals surface area contributed by atoms with Gasteiger partial charge in [-0.3, -0.25) is 9.59 Å². The molecule has 0 radical (unpaired) electrons. The standard InChI is InChI=1S/C25H25ClF4N2O5/c26-15-1-3-16(4-2-15)36-13-21(34)31-23-7-9-24(10-8-23,20(33)12-23)32-22(35)14-37-17-5-6-18(19(27)11-17)25(28,29)30/h1-6,11,20,33H,7-10,12-14H2,(H,31,34)(H,32,35)/t20-,23?,24?/m1/s1. The molecule has 3 saturated carbocycles. The van der Waals surface area contributed by atoms with Gasteiger partial charge in [-0.25, -0.2) is 4.39 Å². The van der Waals surface area contributed by atoms with Crippen LogP contribution >= 0.6 is 11.6 Å². The van der Waals surface area contributed by atoms with Crippen molar-refractivity contribution < 1.29 is 41.7 Å². The molecule has 0 spiro atoms. The van der Waals surface area contributed by atoms with E-state index in [-0.39, 0.29) is 24.7 Å². The van der Waals surface area contributed by atoms with Gasteiger partial charge in [0.05, 0.1) is 17.2 Å². The molecule has 3 N–H and O–H groups in total. The number of ether oxygens (including phenoxy) is 2. The summed E-state index contributed by atoms with van der Waals surface area (Å²) in [4.78, 5) is 25.0. The molecule has 2 aromatic rings. The van der Waals surface area contributed by atoms with Gasteiger partial charge in [-0.05, 0) is 68.5 Å². The summed E-state index contributed by atoms with van der Waals surface area (Å²) in [5.41, 5.74) is -2.97. The fraction of sp³-hybridized carbons (Fsp3) is 0.440. The highest BCUT2D eigenvalue weighted by Crippen LogP contribution is 2.47. The summed E-state index contributed by atoms with van der Waals surface area (Å²) in [6.45, 7) is -0.771. The second kappa shape index (κ2) is 10.4. The van der Waals surface area contributed by atoms with Crippen LogP contribution in [0.1, 0.15) is 37.7 Å². The van der Waals surface area contributed by atoms with Gasteiger partial charge in [-0.2, -0.15) is 13.2 Å². The molecule has 1 atom stereocenters. The zero-order chi connectivity index (χ0) is 26.8. The Morgan fingerprint density at radius 2 is 1.51 bits per heavy atom. The first kappa shape index (κ1) is 27.0. The lowest BCUT2D eigenvalue weighted by Gasteiger charge is -2.56. The maximum atomic E-state index is 13.7. The summed E-state index contributed by atoms with van der Waals surface area (Å²) in [6, 6.07) is 8.63. The maximum Gasteiger partial charge on any atom is 0.419 e. The molecule has 0 saturated heterocycles. The molecule has 0 unspecified atom stereocenters. The highest BCUT2D eigenvalue weighted by molar-refractivity contribution is 6.30. The number of aliphatic hydroxyl groups excluding tert-OH is 1. The predicted molar refractivity (Wildman–Crippen MR) is 125 cm³/mol. The van der Waals surface area contributed by atoms with Crippen molar-refractivity contribution in [3.05, 3.63) is 58.9 Å². The fourth-order valence-electron chi connectivity index (χ4n) is 4.95. The number of fused-ring (bicyclic) bond motifs is 3. The van der Waals surface area contributed by atoms with Crippen molar-refractivity contribution in [2.24, 2.45) is 0 Å². The van der Waals surface area contributed by atoms with Crippen LogP contribution in [0.25, 0.3) is 0 Å². The highest BCUT2D eigenvalue weighted by Gasteiger charge is 2.55. The van der Waals surface area contributed by atoms with Gasteiger partial charge in [0.25, 0.3) is 11.8 Å². The van der Waals surface area contributed by atoms with Gasteiger partial charge in [-0.1, -0.05) is 11.6 Å². The third-order valence-corrected chi connectivity index (χ3v) is 7.17. The molecule has 2 bridgehead atoms. The lowest BCUT2D eigenvalue weighted by atomic mass is 9.60. The average Bonchev–Trinajstić information content (AvgIpc) is 2.83. The molecule has 3 aliphatic carbocycles. The van der Waals surface area contributed by atoms with Crippen molar-refractivity contribution >= 4 is 23.4 Å². The lowest BCUT2D eigenvalue weighted by molar-refractivity contribution is -0.140. The van der Waals surface area contributed by atoms with Crippen molar-refractivity contribution in [3.63, 3.8) is 0 Å². The average molecular weight is 545 g/mol. The molecule has 12 heteroatoms. The van der Waals surface area contributed by atoms with E-state index in [2.05, 4.69) is 10.6 Å². The molecule has 2 aromatic carbocycles. The van der Waals surface area contributed by atoms with Gasteiger partial charge in [-0.15, -0.1) is 0 Å². The first-order chi connectivity index (χ1) is 17.4. The molecule has 7 nitrogen and oxygen atoms in total. The van der Waals surface area contributed by atoms with Gasteiger partial charge in [0.15, 0.2) is 13.2 Å². The van der Waals surface area contributed by atoms with Gasteiger partial charge >= 0.3 is 6.18 Å². The zero-order valence-corrected chi connectivity index (χ0v) is 20.3. The minimum atomic E-state index is -4.84. The van der Waals surface area contributed by atoms with Crippen molar-refractivity contribution in [2.75, 3.05) is 13.2 Å². The number of hydrogen-bond donors (Lipinski definition) is 3.